The van der Waals surface area contributed by atoms with E-state index in [1.807, 2.05) is 6.92 Å². The fourth-order valence-corrected chi connectivity index (χ4v) is 5.37. The maximum atomic E-state index is 13.0. The summed E-state index contributed by atoms with van der Waals surface area (Å²) in [5.41, 5.74) is -0.671. The predicted molar refractivity (Wildman–Crippen MR) is 111 cm³/mol. The maximum absolute atomic E-state index is 13.0. The second-order valence-corrected chi connectivity index (χ2v) is 9.80. The Hall–Kier alpha value is -1.59. The van der Waals surface area contributed by atoms with Crippen LogP contribution in [0.2, 0.25) is 0 Å². The number of hydrogen-bond donors (Lipinski definition) is 2. The Morgan fingerprint density at radius 1 is 1.18 bits per heavy atom. The molecule has 2 saturated heterocycles. The number of carbonyl (C=O) groups is 2. The molecule has 2 heterocycles. The molecular formula is C22H38N4O2. The fraction of sp³-hybridized carbons (Fsp3) is 0.864. The van der Waals surface area contributed by atoms with E-state index in [0.717, 1.165) is 45.2 Å². The summed E-state index contributed by atoms with van der Waals surface area (Å²) in [5, 5.41) is 11.4. The van der Waals surface area contributed by atoms with E-state index in [1.54, 1.807) is 4.90 Å². The van der Waals surface area contributed by atoms with Crippen molar-refractivity contribution in [2.75, 3.05) is 19.6 Å². The number of guanidine groups is 1. The molecule has 0 aromatic heterocycles. The van der Waals surface area contributed by atoms with E-state index in [-0.39, 0.29) is 23.7 Å². The molecule has 0 bridgehead atoms. The van der Waals surface area contributed by atoms with Crippen molar-refractivity contribution < 1.29 is 9.59 Å². The van der Waals surface area contributed by atoms with E-state index < -0.39 is 5.54 Å². The molecule has 2 unspecified atom stereocenters. The molecule has 158 valence electrons. The highest BCUT2D eigenvalue weighted by Gasteiger charge is 2.46. The van der Waals surface area contributed by atoms with Crippen molar-refractivity contribution in [1.29, 1.82) is 5.41 Å². The first kappa shape index (κ1) is 21.1. The van der Waals surface area contributed by atoms with Crippen LogP contribution in [0.15, 0.2) is 0 Å². The number of amides is 2. The van der Waals surface area contributed by atoms with E-state index in [1.165, 1.54) is 25.7 Å². The van der Waals surface area contributed by atoms with Crippen LogP contribution in [0.1, 0.15) is 78.6 Å². The van der Waals surface area contributed by atoms with Crippen molar-refractivity contribution in [2.45, 2.75) is 84.1 Å². The molecule has 2 N–H and O–H groups in total. The van der Waals surface area contributed by atoms with Crippen molar-refractivity contribution in [3.63, 3.8) is 0 Å². The minimum Gasteiger partial charge on any atom is -0.342 e. The van der Waals surface area contributed by atoms with E-state index in [9.17, 15) is 9.59 Å². The van der Waals surface area contributed by atoms with Gasteiger partial charge in [0.2, 0.25) is 5.91 Å². The number of carbonyl (C=O) groups excluding carboxylic acids is 2. The summed E-state index contributed by atoms with van der Waals surface area (Å²) in [5.74, 6) is 1.41. The number of nitrogens with one attached hydrogen (secondary N) is 2. The van der Waals surface area contributed by atoms with Crippen molar-refractivity contribution in [2.24, 2.45) is 17.8 Å². The van der Waals surface area contributed by atoms with Crippen LogP contribution in [0.25, 0.3) is 0 Å². The molecular weight excluding hydrogens is 352 g/mol. The molecule has 3 fully saturated rings. The fourth-order valence-electron chi connectivity index (χ4n) is 5.37. The molecule has 28 heavy (non-hydrogen) atoms. The SMILES string of the molecule is CC(C)CC1(C)NC(=N)N(CC2CCCN(C(=O)C3CCCCCC3)C2)C1=O. The van der Waals surface area contributed by atoms with Gasteiger partial charge in [-0.3, -0.25) is 19.9 Å². The highest BCUT2D eigenvalue weighted by atomic mass is 16.2. The quantitative estimate of drug-likeness (QED) is 0.707. The lowest BCUT2D eigenvalue weighted by Gasteiger charge is -2.36. The summed E-state index contributed by atoms with van der Waals surface area (Å²) in [6.07, 6.45) is 9.67. The zero-order chi connectivity index (χ0) is 20.3. The van der Waals surface area contributed by atoms with Gasteiger partial charge >= 0.3 is 0 Å². The Bertz CT molecular complexity index is 597. The molecule has 0 spiro atoms. The third kappa shape index (κ3) is 4.69. The molecule has 6 heteroatoms. The monoisotopic (exact) mass is 390 g/mol. The van der Waals surface area contributed by atoms with Gasteiger partial charge in [0.25, 0.3) is 5.91 Å². The summed E-state index contributed by atoms with van der Waals surface area (Å²) in [4.78, 5) is 29.7. The Balaban J connectivity index is 1.59. The van der Waals surface area contributed by atoms with Crippen LogP contribution in [0.4, 0.5) is 0 Å². The van der Waals surface area contributed by atoms with Crippen molar-refractivity contribution in [3.8, 4) is 0 Å². The standard InChI is InChI=1S/C22H38N4O2/c1-16(2)13-22(3)20(28)26(21(23)24-22)15-17-9-8-12-25(14-17)19(27)18-10-6-4-5-7-11-18/h16-18H,4-15H2,1-3H3,(H2,23,24). The minimum atomic E-state index is -0.671. The van der Waals surface area contributed by atoms with Crippen LogP contribution in [0.3, 0.4) is 0 Å². The van der Waals surface area contributed by atoms with Gasteiger partial charge in [0.15, 0.2) is 5.96 Å². The Morgan fingerprint density at radius 2 is 1.86 bits per heavy atom. The van der Waals surface area contributed by atoms with Crippen LogP contribution < -0.4 is 5.32 Å². The predicted octanol–water partition coefficient (Wildman–Crippen LogP) is 3.37. The van der Waals surface area contributed by atoms with Gasteiger partial charge in [0.05, 0.1) is 0 Å². The third-order valence-electron chi connectivity index (χ3n) is 6.67. The average Bonchev–Trinajstić information content (AvgIpc) is 2.85. The van der Waals surface area contributed by atoms with Gasteiger partial charge in [-0.2, -0.15) is 0 Å². The van der Waals surface area contributed by atoms with Crippen molar-refractivity contribution >= 4 is 17.8 Å². The highest BCUT2D eigenvalue weighted by molar-refractivity contribution is 6.07. The van der Waals surface area contributed by atoms with E-state index in [0.29, 0.717) is 18.4 Å². The van der Waals surface area contributed by atoms with Crippen LogP contribution in [-0.4, -0.2) is 52.7 Å². The number of nitrogens with zero attached hydrogens (tertiary/aromatic N) is 2. The Kier molecular flexibility index (Phi) is 6.66. The molecule has 2 atom stereocenters. The summed E-state index contributed by atoms with van der Waals surface area (Å²) < 4.78 is 0. The van der Waals surface area contributed by atoms with Gasteiger partial charge < -0.3 is 10.2 Å². The van der Waals surface area contributed by atoms with E-state index in [2.05, 4.69) is 24.1 Å². The smallest absolute Gasteiger partial charge is 0.254 e. The Morgan fingerprint density at radius 3 is 2.50 bits per heavy atom. The number of rotatable bonds is 5. The van der Waals surface area contributed by atoms with Crippen LogP contribution >= 0.6 is 0 Å². The summed E-state index contributed by atoms with van der Waals surface area (Å²) in [6, 6.07) is 0. The van der Waals surface area contributed by atoms with Gasteiger partial charge in [-0.05, 0) is 50.9 Å². The number of hydrogen-bond acceptors (Lipinski definition) is 3. The first-order valence-electron chi connectivity index (χ1n) is 11.3. The van der Waals surface area contributed by atoms with Gasteiger partial charge in [0, 0.05) is 25.6 Å². The first-order chi connectivity index (χ1) is 13.3. The van der Waals surface area contributed by atoms with Crippen LogP contribution in [-0.2, 0) is 9.59 Å². The van der Waals surface area contributed by atoms with Crippen LogP contribution in [0.5, 0.6) is 0 Å². The second-order valence-electron chi connectivity index (χ2n) is 9.80. The van der Waals surface area contributed by atoms with Crippen LogP contribution in [0, 0.1) is 23.2 Å². The summed E-state index contributed by atoms with van der Waals surface area (Å²) in [6.45, 7) is 8.24. The zero-order valence-electron chi connectivity index (χ0n) is 17.9. The molecule has 2 amide bonds. The Labute approximate surface area is 169 Å². The van der Waals surface area contributed by atoms with Crippen molar-refractivity contribution in [1.82, 2.24) is 15.1 Å². The molecule has 1 saturated carbocycles. The first-order valence-corrected chi connectivity index (χ1v) is 11.3. The maximum Gasteiger partial charge on any atom is 0.254 e. The third-order valence-corrected chi connectivity index (χ3v) is 6.67. The van der Waals surface area contributed by atoms with Gasteiger partial charge in [-0.25, -0.2) is 0 Å². The lowest BCUT2D eigenvalue weighted by atomic mass is 9.90. The lowest BCUT2D eigenvalue weighted by Crippen LogP contribution is -2.48. The highest BCUT2D eigenvalue weighted by Crippen LogP contribution is 2.29. The normalized spacial score (nSPS) is 29.9. The molecule has 0 aromatic carbocycles. The van der Waals surface area contributed by atoms with Gasteiger partial charge in [-0.1, -0.05) is 39.5 Å². The largest absolute Gasteiger partial charge is 0.342 e. The number of piperidine rings is 1. The lowest BCUT2D eigenvalue weighted by molar-refractivity contribution is -0.138. The summed E-state index contributed by atoms with van der Waals surface area (Å²) in [7, 11) is 0. The molecule has 3 rings (SSSR count). The van der Waals surface area contributed by atoms with Gasteiger partial charge in [0.1, 0.15) is 5.54 Å². The minimum absolute atomic E-state index is 0.0124. The average molecular weight is 391 g/mol. The van der Waals surface area contributed by atoms with E-state index in [4.69, 9.17) is 5.41 Å². The molecule has 6 nitrogen and oxygen atoms in total. The van der Waals surface area contributed by atoms with Crippen molar-refractivity contribution in [3.05, 3.63) is 0 Å². The summed E-state index contributed by atoms with van der Waals surface area (Å²) >= 11 is 0. The van der Waals surface area contributed by atoms with E-state index >= 15 is 0 Å². The molecule has 0 radical (unpaired) electrons. The molecule has 1 aliphatic carbocycles. The topological polar surface area (TPSA) is 76.5 Å². The molecule has 3 aliphatic rings. The number of likely N-dealkylation sites (tertiary alicyclic amines) is 1. The van der Waals surface area contributed by atoms with Gasteiger partial charge in [-0.15, -0.1) is 0 Å². The molecule has 2 aliphatic heterocycles. The zero-order valence-corrected chi connectivity index (χ0v) is 17.9. The molecule has 0 aromatic rings. The second kappa shape index (κ2) is 8.83.